The average Bonchev–Trinajstić information content (AvgIpc) is 3.65. The highest BCUT2D eigenvalue weighted by Crippen LogP contribution is 2.46. The Morgan fingerprint density at radius 2 is 1.69 bits per heavy atom. The average molecular weight is 522 g/mol. The van der Waals surface area contributed by atoms with Gasteiger partial charge in [-0.25, -0.2) is 4.79 Å². The molecule has 4 aromatic rings. The molecule has 1 fully saturated rings. The summed E-state index contributed by atoms with van der Waals surface area (Å²) in [5.41, 5.74) is 4.25. The Morgan fingerprint density at radius 1 is 1.00 bits per heavy atom. The van der Waals surface area contributed by atoms with E-state index in [2.05, 4.69) is 5.16 Å². The van der Waals surface area contributed by atoms with Crippen LogP contribution in [0.5, 0.6) is 17.2 Å². The zero-order chi connectivity index (χ0) is 24.8. The molecule has 0 saturated heterocycles. The van der Waals surface area contributed by atoms with E-state index >= 15 is 0 Å². The molecule has 1 aliphatic heterocycles. The standard InChI is InChI=1S/C28H21Cl2NO5/c29-21-2-1-3-22(30)25(21)26-20(27(36-31-26)17-7-8-17)14-34-19-11-10-16-5-4-15-6-9-18(28(32)33)12-23(15)35-24(16)13-19/h1-3,6,9-13,17H,4-5,7-8,14H2,(H,32,33). The van der Waals surface area contributed by atoms with E-state index in [0.29, 0.717) is 44.5 Å². The van der Waals surface area contributed by atoms with E-state index in [0.717, 1.165) is 48.1 Å². The fourth-order valence-corrected chi connectivity index (χ4v) is 5.08. The fourth-order valence-electron chi connectivity index (χ4n) is 4.51. The molecule has 36 heavy (non-hydrogen) atoms. The van der Waals surface area contributed by atoms with E-state index in [4.69, 9.17) is 37.2 Å². The fraction of sp³-hybridized carbons (Fsp3) is 0.214. The molecule has 2 aliphatic rings. The SMILES string of the molecule is O=C(O)c1ccc2c(c1)Oc1cc(OCc3c(-c4c(Cl)cccc4Cl)noc3C3CC3)ccc1CC2. The van der Waals surface area contributed by atoms with Gasteiger partial charge >= 0.3 is 5.97 Å². The lowest BCUT2D eigenvalue weighted by Crippen LogP contribution is -2.01. The molecular weight excluding hydrogens is 501 g/mol. The summed E-state index contributed by atoms with van der Waals surface area (Å²) in [6.07, 6.45) is 3.63. The number of aryl methyl sites for hydroxylation is 2. The molecule has 2 heterocycles. The molecule has 3 aromatic carbocycles. The Labute approximate surface area is 217 Å². The number of nitrogens with zero attached hydrogens (tertiary/aromatic N) is 1. The van der Waals surface area contributed by atoms with Gasteiger partial charge in [0, 0.05) is 17.5 Å². The molecule has 0 spiro atoms. The van der Waals surface area contributed by atoms with Gasteiger partial charge in [-0.1, -0.05) is 46.6 Å². The first-order valence-electron chi connectivity index (χ1n) is 11.7. The van der Waals surface area contributed by atoms with Crippen LogP contribution in [0.4, 0.5) is 0 Å². The molecule has 1 aliphatic carbocycles. The maximum atomic E-state index is 11.4. The van der Waals surface area contributed by atoms with Crippen LogP contribution in [-0.2, 0) is 19.4 Å². The maximum absolute atomic E-state index is 11.4. The Hall–Kier alpha value is -3.48. The summed E-state index contributed by atoms with van der Waals surface area (Å²) in [5.74, 6) is 1.96. The van der Waals surface area contributed by atoms with E-state index < -0.39 is 5.97 Å². The van der Waals surface area contributed by atoms with E-state index in [-0.39, 0.29) is 12.2 Å². The minimum Gasteiger partial charge on any atom is -0.489 e. The number of halogens is 2. The second-order valence-electron chi connectivity index (χ2n) is 9.03. The lowest BCUT2D eigenvalue weighted by Gasteiger charge is -2.13. The second kappa shape index (κ2) is 9.19. The summed E-state index contributed by atoms with van der Waals surface area (Å²) >= 11 is 12.9. The Balaban J connectivity index is 1.29. The summed E-state index contributed by atoms with van der Waals surface area (Å²) in [6, 6.07) is 16.1. The van der Waals surface area contributed by atoms with Crippen LogP contribution >= 0.6 is 23.2 Å². The van der Waals surface area contributed by atoms with Gasteiger partial charge < -0.3 is 19.1 Å². The molecule has 182 valence electrons. The van der Waals surface area contributed by atoms with Crippen LogP contribution in [0.3, 0.4) is 0 Å². The van der Waals surface area contributed by atoms with Gasteiger partial charge in [0.2, 0.25) is 0 Å². The number of ether oxygens (including phenoxy) is 2. The lowest BCUT2D eigenvalue weighted by atomic mass is 10.0. The third kappa shape index (κ3) is 4.31. The number of aromatic carboxylic acids is 1. The van der Waals surface area contributed by atoms with Crippen molar-refractivity contribution in [3.8, 4) is 28.5 Å². The largest absolute Gasteiger partial charge is 0.489 e. The van der Waals surface area contributed by atoms with Gasteiger partial charge in [0.05, 0.1) is 21.2 Å². The van der Waals surface area contributed by atoms with Crippen LogP contribution < -0.4 is 9.47 Å². The van der Waals surface area contributed by atoms with Crippen LogP contribution in [-0.4, -0.2) is 16.2 Å². The van der Waals surface area contributed by atoms with Crippen molar-refractivity contribution in [2.45, 2.75) is 38.2 Å². The van der Waals surface area contributed by atoms with Gasteiger partial charge in [0.15, 0.2) is 0 Å². The summed E-state index contributed by atoms with van der Waals surface area (Å²) in [7, 11) is 0. The number of carboxylic acid groups (broad SMARTS) is 1. The predicted molar refractivity (Wildman–Crippen MR) is 136 cm³/mol. The smallest absolute Gasteiger partial charge is 0.335 e. The molecule has 0 amide bonds. The molecule has 1 N–H and O–H groups in total. The first-order chi connectivity index (χ1) is 17.5. The number of hydrogen-bond acceptors (Lipinski definition) is 5. The van der Waals surface area contributed by atoms with Crippen molar-refractivity contribution in [2.24, 2.45) is 0 Å². The second-order valence-corrected chi connectivity index (χ2v) is 9.85. The number of carbonyl (C=O) groups is 1. The van der Waals surface area contributed by atoms with Crippen LogP contribution in [0.15, 0.2) is 59.1 Å². The predicted octanol–water partition coefficient (Wildman–Crippen LogP) is 7.69. The van der Waals surface area contributed by atoms with Crippen LogP contribution in [0.2, 0.25) is 10.0 Å². The number of benzene rings is 3. The number of hydrogen-bond donors (Lipinski definition) is 1. The first-order valence-corrected chi connectivity index (χ1v) is 12.5. The summed E-state index contributed by atoms with van der Waals surface area (Å²) in [4.78, 5) is 11.4. The third-order valence-corrected chi connectivity index (χ3v) is 7.22. The van der Waals surface area contributed by atoms with Crippen molar-refractivity contribution in [1.29, 1.82) is 0 Å². The zero-order valence-corrected chi connectivity index (χ0v) is 20.6. The molecule has 0 radical (unpaired) electrons. The van der Waals surface area contributed by atoms with E-state index in [1.807, 2.05) is 24.3 Å². The van der Waals surface area contributed by atoms with Crippen molar-refractivity contribution < 1.29 is 23.9 Å². The van der Waals surface area contributed by atoms with E-state index in [1.165, 1.54) is 0 Å². The number of fused-ring (bicyclic) bond motifs is 2. The van der Waals surface area contributed by atoms with Gasteiger partial charge in [-0.15, -0.1) is 0 Å². The molecule has 6 rings (SSSR count). The van der Waals surface area contributed by atoms with Gasteiger partial charge in [0.25, 0.3) is 0 Å². The Bertz CT molecular complexity index is 1470. The van der Waals surface area contributed by atoms with Crippen molar-refractivity contribution in [3.63, 3.8) is 0 Å². The van der Waals surface area contributed by atoms with Gasteiger partial charge in [-0.05, 0) is 67.1 Å². The minimum atomic E-state index is -0.988. The highest BCUT2D eigenvalue weighted by molar-refractivity contribution is 6.39. The van der Waals surface area contributed by atoms with Crippen LogP contribution in [0.1, 0.15) is 51.6 Å². The normalized spacial score (nSPS) is 14.4. The van der Waals surface area contributed by atoms with Gasteiger partial charge in [0.1, 0.15) is 35.3 Å². The summed E-state index contributed by atoms with van der Waals surface area (Å²) in [5, 5.41) is 14.7. The first kappa shape index (κ1) is 23.0. The highest BCUT2D eigenvalue weighted by atomic mass is 35.5. The highest BCUT2D eigenvalue weighted by Gasteiger charge is 2.33. The quantitative estimate of drug-likeness (QED) is 0.280. The van der Waals surface area contributed by atoms with Crippen molar-refractivity contribution in [1.82, 2.24) is 5.16 Å². The number of carboxylic acids is 1. The molecule has 0 bridgehead atoms. The zero-order valence-electron chi connectivity index (χ0n) is 19.1. The van der Waals surface area contributed by atoms with Crippen LogP contribution in [0.25, 0.3) is 11.3 Å². The van der Waals surface area contributed by atoms with Crippen molar-refractivity contribution in [2.75, 3.05) is 0 Å². The third-order valence-electron chi connectivity index (χ3n) is 6.59. The monoisotopic (exact) mass is 521 g/mol. The van der Waals surface area contributed by atoms with Crippen LogP contribution in [0, 0.1) is 0 Å². The minimum absolute atomic E-state index is 0.190. The molecule has 8 heteroatoms. The lowest BCUT2D eigenvalue weighted by molar-refractivity contribution is 0.0696. The Kier molecular flexibility index (Phi) is 5.86. The topological polar surface area (TPSA) is 81.8 Å². The number of aromatic nitrogens is 1. The summed E-state index contributed by atoms with van der Waals surface area (Å²) in [6.45, 7) is 0.227. The molecular formula is C28H21Cl2NO5. The molecule has 0 unspecified atom stereocenters. The molecule has 0 atom stereocenters. The summed E-state index contributed by atoms with van der Waals surface area (Å²) < 4.78 is 18.1. The maximum Gasteiger partial charge on any atom is 0.335 e. The Morgan fingerprint density at radius 3 is 2.39 bits per heavy atom. The number of rotatable bonds is 6. The van der Waals surface area contributed by atoms with E-state index in [9.17, 15) is 9.90 Å². The molecule has 1 aromatic heterocycles. The van der Waals surface area contributed by atoms with Gasteiger partial charge in [-0.3, -0.25) is 0 Å². The van der Waals surface area contributed by atoms with E-state index in [1.54, 1.807) is 30.3 Å². The molecule has 6 nitrogen and oxygen atoms in total. The van der Waals surface area contributed by atoms with Crippen molar-refractivity contribution in [3.05, 3.63) is 92.7 Å². The molecule has 1 saturated carbocycles. The van der Waals surface area contributed by atoms with Crippen molar-refractivity contribution >= 4 is 29.2 Å². The van der Waals surface area contributed by atoms with Gasteiger partial charge in [-0.2, -0.15) is 0 Å².